The minimum atomic E-state index is -3.95. The number of nitrogens with zero attached hydrogens (tertiary/aromatic N) is 2. The Hall–Kier alpha value is -3.14. The van der Waals surface area contributed by atoms with Crippen LogP contribution in [0.25, 0.3) is 0 Å². The Labute approximate surface area is 244 Å². The first-order valence-electron chi connectivity index (χ1n) is 12.5. The van der Waals surface area contributed by atoms with Crippen LogP contribution in [-0.2, 0) is 32.6 Å². The third-order valence-electron chi connectivity index (χ3n) is 5.90. The van der Waals surface area contributed by atoms with Crippen LogP contribution < -0.4 is 9.62 Å². The van der Waals surface area contributed by atoms with Crippen LogP contribution in [0, 0.1) is 5.82 Å². The van der Waals surface area contributed by atoms with E-state index in [2.05, 4.69) is 5.32 Å². The summed E-state index contributed by atoms with van der Waals surface area (Å²) in [7, 11) is -3.95. The van der Waals surface area contributed by atoms with Crippen molar-refractivity contribution in [3.63, 3.8) is 0 Å². The largest absolute Gasteiger partial charge is 0.350 e. The second-order valence-corrected chi connectivity index (χ2v) is 13.2. The summed E-state index contributed by atoms with van der Waals surface area (Å²) in [6.45, 7) is 4.83. The molecule has 0 saturated carbocycles. The highest BCUT2D eigenvalue weighted by Crippen LogP contribution is 2.25. The van der Waals surface area contributed by atoms with Gasteiger partial charge in [0.2, 0.25) is 21.8 Å². The van der Waals surface area contributed by atoms with E-state index < -0.39 is 45.8 Å². The first-order valence-corrected chi connectivity index (χ1v) is 15.1. The molecule has 40 heavy (non-hydrogen) atoms. The van der Waals surface area contributed by atoms with Crippen LogP contribution in [0.5, 0.6) is 0 Å². The quantitative estimate of drug-likeness (QED) is 0.332. The van der Waals surface area contributed by atoms with Crippen LogP contribution in [0.4, 0.5) is 10.1 Å². The van der Waals surface area contributed by atoms with E-state index in [0.717, 1.165) is 28.3 Å². The number of hydrogen-bond acceptors (Lipinski definition) is 4. The number of carbonyl (C=O) groups excluding carboxylic acids is 2. The van der Waals surface area contributed by atoms with Gasteiger partial charge in [-0.1, -0.05) is 59.6 Å². The van der Waals surface area contributed by atoms with Gasteiger partial charge in [-0.3, -0.25) is 13.9 Å². The number of amides is 2. The number of benzene rings is 3. The van der Waals surface area contributed by atoms with Gasteiger partial charge in [-0.25, -0.2) is 12.8 Å². The Bertz CT molecular complexity index is 1450. The van der Waals surface area contributed by atoms with Crippen LogP contribution in [-0.4, -0.2) is 49.5 Å². The molecule has 3 aromatic rings. The highest BCUT2D eigenvalue weighted by Gasteiger charge is 2.34. The molecule has 0 heterocycles. The Morgan fingerprint density at radius 1 is 0.925 bits per heavy atom. The summed E-state index contributed by atoms with van der Waals surface area (Å²) >= 11 is 12.3. The number of rotatable bonds is 10. The molecule has 3 aromatic carbocycles. The van der Waals surface area contributed by atoms with Gasteiger partial charge < -0.3 is 10.2 Å². The van der Waals surface area contributed by atoms with Crippen molar-refractivity contribution < 1.29 is 22.4 Å². The molecule has 0 aliphatic heterocycles. The maximum absolute atomic E-state index is 14.0. The zero-order valence-corrected chi connectivity index (χ0v) is 25.0. The Balaban J connectivity index is 2.08. The fourth-order valence-electron chi connectivity index (χ4n) is 4.06. The fraction of sp³-hybridized carbons (Fsp3) is 0.310. The summed E-state index contributed by atoms with van der Waals surface area (Å²) in [6, 6.07) is 17.9. The second-order valence-electron chi connectivity index (χ2n) is 10.5. The van der Waals surface area contributed by atoms with Gasteiger partial charge in [0.05, 0.1) is 22.0 Å². The number of hydrogen-bond donors (Lipinski definition) is 1. The van der Waals surface area contributed by atoms with E-state index in [-0.39, 0.29) is 23.7 Å². The van der Waals surface area contributed by atoms with Crippen molar-refractivity contribution in [1.29, 1.82) is 0 Å². The standard InChI is InChI=1S/C29H32Cl2FN3O4S/c1-29(2,3)33-28(37)26(17-20-8-6-5-7-9-20)34(18-21-10-15-24(30)25(31)16-21)27(36)19-35(40(4,38)39)23-13-11-22(32)12-14-23/h5-16,26H,17-19H2,1-4H3,(H,33,37). The molecule has 3 rings (SSSR count). The van der Waals surface area contributed by atoms with Crippen molar-refractivity contribution in [1.82, 2.24) is 10.2 Å². The van der Waals surface area contributed by atoms with E-state index in [1.165, 1.54) is 17.0 Å². The average molecular weight is 609 g/mol. The van der Waals surface area contributed by atoms with E-state index >= 15 is 0 Å². The summed E-state index contributed by atoms with van der Waals surface area (Å²) < 4.78 is 40.0. The summed E-state index contributed by atoms with van der Waals surface area (Å²) in [6.07, 6.45) is 1.13. The molecule has 0 radical (unpaired) electrons. The third-order valence-corrected chi connectivity index (χ3v) is 7.78. The topological polar surface area (TPSA) is 86.8 Å². The molecule has 0 aliphatic rings. The Morgan fingerprint density at radius 3 is 2.10 bits per heavy atom. The highest BCUT2D eigenvalue weighted by atomic mass is 35.5. The van der Waals surface area contributed by atoms with Gasteiger partial charge in [0, 0.05) is 18.5 Å². The predicted octanol–water partition coefficient (Wildman–Crippen LogP) is 5.45. The summed E-state index contributed by atoms with van der Waals surface area (Å²) in [4.78, 5) is 29.0. The summed E-state index contributed by atoms with van der Waals surface area (Å²) in [5.41, 5.74) is 0.918. The molecule has 7 nitrogen and oxygen atoms in total. The van der Waals surface area contributed by atoms with E-state index in [1.807, 2.05) is 51.1 Å². The van der Waals surface area contributed by atoms with Gasteiger partial charge in [0.25, 0.3) is 0 Å². The predicted molar refractivity (Wildman–Crippen MR) is 157 cm³/mol. The fourth-order valence-corrected chi connectivity index (χ4v) is 5.23. The smallest absolute Gasteiger partial charge is 0.244 e. The van der Waals surface area contributed by atoms with Crippen molar-refractivity contribution in [2.75, 3.05) is 17.1 Å². The number of nitrogens with one attached hydrogen (secondary N) is 1. The summed E-state index contributed by atoms with van der Waals surface area (Å²) in [5.74, 6) is -1.59. The first-order chi connectivity index (χ1) is 18.6. The average Bonchev–Trinajstić information content (AvgIpc) is 2.86. The molecule has 2 amide bonds. The molecule has 0 aromatic heterocycles. The third kappa shape index (κ3) is 8.94. The molecule has 214 valence electrons. The van der Waals surface area contributed by atoms with Crippen molar-refractivity contribution in [2.24, 2.45) is 0 Å². The SMILES string of the molecule is CC(C)(C)NC(=O)C(Cc1ccccc1)N(Cc1ccc(Cl)c(Cl)c1)C(=O)CN(c1ccc(F)cc1)S(C)(=O)=O. The molecule has 1 unspecified atom stereocenters. The van der Waals surface area contributed by atoms with Crippen LogP contribution in [0.3, 0.4) is 0 Å². The maximum atomic E-state index is 14.0. The zero-order chi connectivity index (χ0) is 29.7. The number of carbonyl (C=O) groups is 2. The van der Waals surface area contributed by atoms with Crippen molar-refractivity contribution in [2.45, 2.75) is 45.3 Å². The lowest BCUT2D eigenvalue weighted by molar-refractivity contribution is -0.140. The number of halogens is 3. The maximum Gasteiger partial charge on any atom is 0.244 e. The molecule has 0 fully saturated rings. The van der Waals surface area contributed by atoms with Gasteiger partial charge >= 0.3 is 0 Å². The van der Waals surface area contributed by atoms with E-state index in [0.29, 0.717) is 10.6 Å². The Morgan fingerprint density at radius 2 is 1.55 bits per heavy atom. The van der Waals surface area contributed by atoms with Crippen molar-refractivity contribution in [3.8, 4) is 0 Å². The van der Waals surface area contributed by atoms with Crippen LogP contribution in [0.15, 0.2) is 72.8 Å². The minimum absolute atomic E-state index is 0.0498. The molecule has 11 heteroatoms. The molecule has 1 atom stereocenters. The zero-order valence-electron chi connectivity index (χ0n) is 22.7. The van der Waals surface area contributed by atoms with Gasteiger partial charge in [0.15, 0.2) is 0 Å². The lowest BCUT2D eigenvalue weighted by atomic mass is 10.0. The number of anilines is 1. The summed E-state index contributed by atoms with van der Waals surface area (Å²) in [5, 5.41) is 3.55. The van der Waals surface area contributed by atoms with E-state index in [1.54, 1.807) is 18.2 Å². The van der Waals surface area contributed by atoms with Gasteiger partial charge in [0.1, 0.15) is 18.4 Å². The van der Waals surface area contributed by atoms with Crippen LogP contribution in [0.2, 0.25) is 10.0 Å². The molecular weight excluding hydrogens is 576 g/mol. The lowest BCUT2D eigenvalue weighted by Gasteiger charge is -2.35. The molecule has 0 bridgehead atoms. The molecule has 0 spiro atoms. The lowest BCUT2D eigenvalue weighted by Crippen LogP contribution is -2.56. The van der Waals surface area contributed by atoms with Crippen LogP contribution in [0.1, 0.15) is 31.9 Å². The van der Waals surface area contributed by atoms with Gasteiger partial charge in [-0.15, -0.1) is 0 Å². The van der Waals surface area contributed by atoms with Crippen molar-refractivity contribution in [3.05, 3.63) is 99.8 Å². The highest BCUT2D eigenvalue weighted by molar-refractivity contribution is 7.92. The second kappa shape index (κ2) is 13.0. The van der Waals surface area contributed by atoms with E-state index in [4.69, 9.17) is 23.2 Å². The van der Waals surface area contributed by atoms with Gasteiger partial charge in [-0.05, 0) is 68.3 Å². The molecule has 0 saturated heterocycles. The monoisotopic (exact) mass is 607 g/mol. The van der Waals surface area contributed by atoms with E-state index in [9.17, 15) is 22.4 Å². The van der Waals surface area contributed by atoms with Crippen LogP contribution >= 0.6 is 23.2 Å². The minimum Gasteiger partial charge on any atom is -0.350 e. The number of sulfonamides is 1. The Kier molecular flexibility index (Phi) is 10.2. The molecular formula is C29H32Cl2FN3O4S. The normalized spacial score (nSPS) is 12.5. The molecule has 1 N–H and O–H groups in total. The van der Waals surface area contributed by atoms with Gasteiger partial charge in [-0.2, -0.15) is 0 Å². The van der Waals surface area contributed by atoms with Crippen molar-refractivity contribution >= 4 is 50.7 Å². The first kappa shape index (κ1) is 31.4. The molecule has 0 aliphatic carbocycles.